The highest BCUT2D eigenvalue weighted by Gasteiger charge is 2.22. The molecular weight excluding hydrogens is 296 g/mol. The molecule has 0 saturated carbocycles. The molecule has 0 radical (unpaired) electrons. The van der Waals surface area contributed by atoms with Crippen molar-refractivity contribution < 1.29 is 9.53 Å². The fraction of sp³-hybridized carbons (Fsp3) is 0.412. The molecule has 1 aliphatic carbocycles. The largest absolute Gasteiger partial charge is 0.481 e. The molecule has 0 bridgehead atoms. The third kappa shape index (κ3) is 3.47. The van der Waals surface area contributed by atoms with Crippen molar-refractivity contribution in [2.75, 3.05) is 5.32 Å². The number of thiazole rings is 1. The van der Waals surface area contributed by atoms with E-state index in [1.165, 1.54) is 11.3 Å². The quantitative estimate of drug-likeness (QED) is 0.936. The van der Waals surface area contributed by atoms with Gasteiger partial charge in [-0.2, -0.15) is 0 Å². The Balaban J connectivity index is 1.62. The van der Waals surface area contributed by atoms with Crippen LogP contribution in [0.4, 0.5) is 5.13 Å². The molecule has 4 nitrogen and oxygen atoms in total. The van der Waals surface area contributed by atoms with Crippen molar-refractivity contribution in [3.05, 3.63) is 40.9 Å². The monoisotopic (exact) mass is 316 g/mol. The molecule has 2 aromatic rings. The standard InChI is InChI=1S/C17H20N2O2S/c1-11-8-9-14-15(10-11)22-17(18-14)19-16(20)12(2)21-13-6-4-3-5-7-13/h3-7,11-12H,8-10H2,1-2H3,(H,18,19,20). The van der Waals surface area contributed by atoms with Crippen LogP contribution in [-0.4, -0.2) is 17.0 Å². The van der Waals surface area contributed by atoms with E-state index in [1.807, 2.05) is 30.3 Å². The van der Waals surface area contributed by atoms with Gasteiger partial charge in [-0.3, -0.25) is 10.1 Å². The Morgan fingerprint density at radius 2 is 2.18 bits per heavy atom. The van der Waals surface area contributed by atoms with Gasteiger partial charge in [-0.25, -0.2) is 4.98 Å². The lowest BCUT2D eigenvalue weighted by Crippen LogP contribution is -2.30. The number of nitrogens with zero attached hydrogens (tertiary/aromatic N) is 1. The Morgan fingerprint density at radius 3 is 2.95 bits per heavy atom. The molecule has 0 spiro atoms. The van der Waals surface area contributed by atoms with Crippen molar-refractivity contribution in [3.63, 3.8) is 0 Å². The Hall–Kier alpha value is -1.88. The first-order chi connectivity index (χ1) is 10.6. The lowest BCUT2D eigenvalue weighted by Gasteiger charge is -2.15. The maximum Gasteiger partial charge on any atom is 0.266 e. The minimum Gasteiger partial charge on any atom is -0.481 e. The second-order valence-electron chi connectivity index (χ2n) is 5.80. The lowest BCUT2D eigenvalue weighted by atomic mass is 9.93. The van der Waals surface area contributed by atoms with Crippen molar-refractivity contribution in [1.29, 1.82) is 0 Å². The highest BCUT2D eigenvalue weighted by molar-refractivity contribution is 7.15. The van der Waals surface area contributed by atoms with Gasteiger partial charge in [0.15, 0.2) is 11.2 Å². The summed E-state index contributed by atoms with van der Waals surface area (Å²) >= 11 is 1.59. The average Bonchev–Trinajstić information content (AvgIpc) is 2.89. The fourth-order valence-electron chi connectivity index (χ4n) is 2.56. The molecule has 116 valence electrons. The Kier molecular flexibility index (Phi) is 4.43. The average molecular weight is 316 g/mol. The van der Waals surface area contributed by atoms with Crippen molar-refractivity contribution in [1.82, 2.24) is 4.98 Å². The van der Waals surface area contributed by atoms with Gasteiger partial charge in [0, 0.05) is 4.88 Å². The summed E-state index contributed by atoms with van der Waals surface area (Å²) in [6.07, 6.45) is 2.71. The zero-order chi connectivity index (χ0) is 15.5. The van der Waals surface area contributed by atoms with Crippen molar-refractivity contribution >= 4 is 22.4 Å². The number of aromatic nitrogens is 1. The number of hydrogen-bond acceptors (Lipinski definition) is 4. The molecule has 2 unspecified atom stereocenters. The smallest absolute Gasteiger partial charge is 0.266 e. The summed E-state index contributed by atoms with van der Waals surface area (Å²) in [5, 5.41) is 3.57. The first-order valence-corrected chi connectivity index (χ1v) is 8.44. The third-order valence-corrected chi connectivity index (χ3v) is 4.88. The molecule has 1 heterocycles. The Morgan fingerprint density at radius 1 is 1.41 bits per heavy atom. The number of ether oxygens (including phenoxy) is 1. The molecule has 1 aromatic heterocycles. The number of nitrogens with one attached hydrogen (secondary N) is 1. The number of carbonyl (C=O) groups excluding carboxylic acids is 1. The van der Waals surface area contributed by atoms with Crippen LogP contribution in [0.1, 0.15) is 30.8 Å². The first-order valence-electron chi connectivity index (χ1n) is 7.63. The minimum absolute atomic E-state index is 0.164. The summed E-state index contributed by atoms with van der Waals surface area (Å²) in [6.45, 7) is 4.01. The summed E-state index contributed by atoms with van der Waals surface area (Å²) < 4.78 is 5.63. The number of benzene rings is 1. The minimum atomic E-state index is -0.553. The van der Waals surface area contributed by atoms with E-state index in [1.54, 1.807) is 18.3 Å². The van der Waals surface area contributed by atoms with E-state index in [-0.39, 0.29) is 5.91 Å². The van der Waals surface area contributed by atoms with Gasteiger partial charge < -0.3 is 4.74 Å². The number of para-hydroxylation sites is 1. The predicted molar refractivity (Wildman–Crippen MR) is 88.5 cm³/mol. The van der Waals surface area contributed by atoms with Crippen LogP contribution in [0, 0.1) is 5.92 Å². The Bertz CT molecular complexity index is 654. The van der Waals surface area contributed by atoms with Crippen molar-refractivity contribution in [2.45, 2.75) is 39.2 Å². The van der Waals surface area contributed by atoms with Gasteiger partial charge in [0.2, 0.25) is 0 Å². The van der Waals surface area contributed by atoms with E-state index >= 15 is 0 Å². The molecule has 3 rings (SSSR count). The second-order valence-corrected chi connectivity index (χ2v) is 6.88. The van der Waals surface area contributed by atoms with Crippen LogP contribution in [-0.2, 0) is 17.6 Å². The molecule has 0 saturated heterocycles. The summed E-state index contributed by atoms with van der Waals surface area (Å²) in [5.41, 5.74) is 1.15. The van der Waals surface area contributed by atoms with Crippen LogP contribution >= 0.6 is 11.3 Å². The van der Waals surface area contributed by atoms with Crippen LogP contribution in [0.25, 0.3) is 0 Å². The van der Waals surface area contributed by atoms with E-state index in [2.05, 4.69) is 17.2 Å². The van der Waals surface area contributed by atoms with Gasteiger partial charge in [0.25, 0.3) is 5.91 Å². The summed E-state index contributed by atoms with van der Waals surface area (Å²) in [4.78, 5) is 18.1. The number of hydrogen-bond donors (Lipinski definition) is 1. The van der Waals surface area contributed by atoms with Crippen LogP contribution in [0.15, 0.2) is 30.3 Å². The molecule has 1 aliphatic rings. The topological polar surface area (TPSA) is 51.2 Å². The van der Waals surface area contributed by atoms with Gasteiger partial charge in [-0.15, -0.1) is 11.3 Å². The van der Waals surface area contributed by atoms with Crippen molar-refractivity contribution in [3.8, 4) is 5.75 Å². The van der Waals surface area contributed by atoms with Crippen molar-refractivity contribution in [2.24, 2.45) is 5.92 Å². The van der Waals surface area contributed by atoms with E-state index in [4.69, 9.17) is 4.74 Å². The Labute approximate surface area is 134 Å². The second kappa shape index (κ2) is 6.48. The van der Waals surface area contributed by atoms with Crippen LogP contribution in [0.3, 0.4) is 0 Å². The third-order valence-electron chi connectivity index (χ3n) is 3.84. The molecule has 22 heavy (non-hydrogen) atoms. The fourth-order valence-corrected chi connectivity index (χ4v) is 3.73. The van der Waals surface area contributed by atoms with Gasteiger partial charge >= 0.3 is 0 Å². The molecule has 1 amide bonds. The molecule has 0 fully saturated rings. The van der Waals surface area contributed by atoms with Crippen LogP contribution in [0.2, 0.25) is 0 Å². The van der Waals surface area contributed by atoms with Gasteiger partial charge in [0.05, 0.1) is 5.69 Å². The van der Waals surface area contributed by atoms with Crippen LogP contribution in [0.5, 0.6) is 5.75 Å². The maximum absolute atomic E-state index is 12.2. The number of aryl methyl sites for hydroxylation is 1. The SMILES string of the molecule is CC1CCc2nc(NC(=O)C(C)Oc3ccccc3)sc2C1. The van der Waals surface area contributed by atoms with Crippen LogP contribution < -0.4 is 10.1 Å². The van der Waals surface area contributed by atoms with Gasteiger partial charge in [-0.05, 0) is 44.2 Å². The lowest BCUT2D eigenvalue weighted by molar-refractivity contribution is -0.122. The molecule has 1 aromatic carbocycles. The van der Waals surface area contributed by atoms with E-state index < -0.39 is 6.10 Å². The summed E-state index contributed by atoms with van der Waals surface area (Å²) in [5.74, 6) is 1.23. The molecular formula is C17H20N2O2S. The van der Waals surface area contributed by atoms with Gasteiger partial charge in [0.1, 0.15) is 5.75 Å². The molecule has 1 N–H and O–H groups in total. The number of rotatable bonds is 4. The zero-order valence-electron chi connectivity index (χ0n) is 12.8. The molecule has 2 atom stereocenters. The number of carbonyl (C=O) groups is 1. The highest BCUT2D eigenvalue weighted by Crippen LogP contribution is 2.32. The number of amides is 1. The number of anilines is 1. The number of fused-ring (bicyclic) bond motifs is 1. The van der Waals surface area contributed by atoms with E-state index in [0.29, 0.717) is 16.8 Å². The molecule has 0 aliphatic heterocycles. The maximum atomic E-state index is 12.2. The van der Waals surface area contributed by atoms with E-state index in [0.717, 1.165) is 18.5 Å². The normalized spacial score (nSPS) is 18.4. The highest BCUT2D eigenvalue weighted by atomic mass is 32.1. The molecule has 5 heteroatoms. The summed E-state index contributed by atoms with van der Waals surface area (Å²) in [7, 11) is 0. The summed E-state index contributed by atoms with van der Waals surface area (Å²) in [6, 6.07) is 9.37. The predicted octanol–water partition coefficient (Wildman–Crippen LogP) is 3.67. The van der Waals surface area contributed by atoms with E-state index in [9.17, 15) is 4.79 Å². The van der Waals surface area contributed by atoms with Gasteiger partial charge in [-0.1, -0.05) is 25.1 Å². The first kappa shape index (κ1) is 15.0. The zero-order valence-corrected chi connectivity index (χ0v) is 13.7.